The minimum Gasteiger partial charge on any atom is -0.478 e. The number of aromatic carboxylic acids is 1. The van der Waals surface area contributed by atoms with Crippen LogP contribution in [-0.2, 0) is 10.4 Å². The molecular formula is C8H12O7S2. The Morgan fingerprint density at radius 1 is 1.12 bits per heavy atom. The van der Waals surface area contributed by atoms with Gasteiger partial charge in [0.2, 0.25) is 0 Å². The minimum absolute atomic E-state index is 0.290. The van der Waals surface area contributed by atoms with Crippen LogP contribution in [0.15, 0.2) is 29.2 Å². The number of thiol groups is 1. The predicted molar refractivity (Wildman–Crippen MR) is 63.0 cm³/mol. The van der Waals surface area contributed by atoms with Gasteiger partial charge in [-0.3, -0.25) is 9.11 Å². The summed E-state index contributed by atoms with van der Waals surface area (Å²) in [6, 6.07) is 6.33. The van der Waals surface area contributed by atoms with Crippen LogP contribution in [0.4, 0.5) is 0 Å². The average Bonchev–Trinajstić information content (AvgIpc) is 2.19. The van der Waals surface area contributed by atoms with Crippen molar-refractivity contribution in [1.82, 2.24) is 0 Å². The van der Waals surface area contributed by atoms with Crippen molar-refractivity contribution in [3.05, 3.63) is 29.8 Å². The van der Waals surface area contributed by atoms with Crippen molar-refractivity contribution in [1.29, 1.82) is 0 Å². The monoisotopic (exact) mass is 284 g/mol. The van der Waals surface area contributed by atoms with Gasteiger partial charge in [-0.05, 0) is 24.3 Å². The summed E-state index contributed by atoms with van der Waals surface area (Å²) >= 11 is 4.01. The van der Waals surface area contributed by atoms with Crippen LogP contribution in [-0.4, -0.2) is 40.8 Å². The van der Waals surface area contributed by atoms with E-state index in [4.69, 9.17) is 27.7 Å². The normalized spacial score (nSPS) is 9.24. The highest BCUT2D eigenvalue weighted by atomic mass is 32.3. The van der Waals surface area contributed by atoms with Crippen molar-refractivity contribution in [2.24, 2.45) is 0 Å². The Kier molecular flexibility index (Phi) is 9.61. The van der Waals surface area contributed by atoms with Crippen molar-refractivity contribution in [2.45, 2.75) is 4.90 Å². The number of carboxylic acid groups (broad SMARTS) is 1. The molecular weight excluding hydrogens is 272 g/mol. The molecule has 1 aromatic carbocycles. The van der Waals surface area contributed by atoms with Crippen molar-refractivity contribution in [3.63, 3.8) is 0 Å². The molecule has 0 spiro atoms. The van der Waals surface area contributed by atoms with E-state index in [0.717, 1.165) is 12.0 Å². The van der Waals surface area contributed by atoms with Crippen molar-refractivity contribution < 1.29 is 32.5 Å². The summed E-state index contributed by atoms with van der Waals surface area (Å²) in [5.74, 6) is -0.909. The Bertz CT molecular complexity index is 416. The van der Waals surface area contributed by atoms with Crippen molar-refractivity contribution in [2.75, 3.05) is 7.11 Å². The molecule has 9 heteroatoms. The zero-order valence-corrected chi connectivity index (χ0v) is 10.4. The molecule has 1 rings (SSSR count). The Morgan fingerprint density at radius 3 is 1.65 bits per heavy atom. The molecule has 0 aliphatic carbocycles. The first kappa shape index (κ1) is 18.2. The van der Waals surface area contributed by atoms with Crippen LogP contribution >= 0.6 is 12.6 Å². The second kappa shape index (κ2) is 8.96. The van der Waals surface area contributed by atoms with Gasteiger partial charge < -0.3 is 10.2 Å². The Morgan fingerprint density at radius 2 is 1.41 bits per heavy atom. The van der Waals surface area contributed by atoms with E-state index < -0.39 is 16.4 Å². The second-order valence-corrected chi connectivity index (χ2v) is 3.71. The summed E-state index contributed by atoms with van der Waals surface area (Å²) in [6.45, 7) is 0. The number of hydrogen-bond donors (Lipinski definition) is 5. The molecule has 0 heterocycles. The van der Waals surface area contributed by atoms with E-state index in [1.165, 1.54) is 12.1 Å². The molecule has 0 bridgehead atoms. The molecule has 17 heavy (non-hydrogen) atoms. The zero-order chi connectivity index (χ0) is 14.1. The zero-order valence-electron chi connectivity index (χ0n) is 8.68. The number of rotatable bonds is 1. The van der Waals surface area contributed by atoms with Gasteiger partial charge in [-0.1, -0.05) is 0 Å². The molecule has 98 valence electrons. The third kappa shape index (κ3) is 14.9. The molecule has 7 nitrogen and oxygen atoms in total. The van der Waals surface area contributed by atoms with Gasteiger partial charge in [0.1, 0.15) is 0 Å². The molecule has 0 saturated carbocycles. The maximum absolute atomic E-state index is 10.3. The van der Waals surface area contributed by atoms with Gasteiger partial charge in [0.15, 0.2) is 0 Å². The fourth-order valence-electron chi connectivity index (χ4n) is 0.604. The summed E-state index contributed by atoms with van der Waals surface area (Å²) in [6.07, 6.45) is 0. The van der Waals surface area contributed by atoms with Gasteiger partial charge in [0.05, 0.1) is 5.56 Å². The molecule has 4 N–H and O–H groups in total. The summed E-state index contributed by atoms with van der Waals surface area (Å²) in [7, 11) is -3.67. The van der Waals surface area contributed by atoms with Crippen LogP contribution in [0.1, 0.15) is 10.4 Å². The van der Waals surface area contributed by atoms with Gasteiger partial charge in [-0.15, -0.1) is 12.6 Å². The minimum atomic E-state index is -4.67. The summed E-state index contributed by atoms with van der Waals surface area (Å²) in [4.78, 5) is 11.1. The number of benzene rings is 1. The van der Waals surface area contributed by atoms with E-state index in [2.05, 4.69) is 12.6 Å². The molecule has 0 aliphatic heterocycles. The van der Waals surface area contributed by atoms with Crippen LogP contribution in [0.2, 0.25) is 0 Å². The van der Waals surface area contributed by atoms with Gasteiger partial charge in [0, 0.05) is 12.0 Å². The quantitative estimate of drug-likeness (QED) is 0.377. The lowest BCUT2D eigenvalue weighted by Crippen LogP contribution is -1.94. The molecule has 0 radical (unpaired) electrons. The molecule has 1 aromatic rings. The number of hydrogen-bond acceptors (Lipinski definition) is 5. The largest absolute Gasteiger partial charge is 0.478 e. The first-order valence-electron chi connectivity index (χ1n) is 3.87. The van der Waals surface area contributed by atoms with E-state index in [1.807, 2.05) is 0 Å². The highest BCUT2D eigenvalue weighted by Crippen LogP contribution is 2.06. The van der Waals surface area contributed by atoms with Crippen LogP contribution in [0, 0.1) is 0 Å². The van der Waals surface area contributed by atoms with Crippen LogP contribution < -0.4 is 0 Å². The second-order valence-electron chi connectivity index (χ2n) is 2.30. The lowest BCUT2D eigenvalue weighted by Gasteiger charge is -1.92. The average molecular weight is 284 g/mol. The van der Waals surface area contributed by atoms with Gasteiger partial charge in [-0.25, -0.2) is 4.79 Å². The lowest BCUT2D eigenvalue weighted by molar-refractivity contribution is 0.0696. The van der Waals surface area contributed by atoms with Crippen LogP contribution in [0.3, 0.4) is 0 Å². The number of aliphatic hydroxyl groups excluding tert-OH is 1. The maximum Gasteiger partial charge on any atom is 0.394 e. The van der Waals surface area contributed by atoms with E-state index in [-0.39, 0.29) is 5.56 Å². The van der Waals surface area contributed by atoms with Gasteiger partial charge in [-0.2, -0.15) is 8.42 Å². The molecule has 0 atom stereocenters. The smallest absolute Gasteiger partial charge is 0.394 e. The first-order chi connectivity index (χ1) is 7.70. The fourth-order valence-corrected chi connectivity index (χ4v) is 0.753. The van der Waals surface area contributed by atoms with Crippen molar-refractivity contribution >= 4 is 29.0 Å². The van der Waals surface area contributed by atoms with Crippen LogP contribution in [0.25, 0.3) is 0 Å². The highest BCUT2D eigenvalue weighted by Gasteiger charge is 1.98. The number of carbonyl (C=O) groups is 1. The summed E-state index contributed by atoms with van der Waals surface area (Å²) in [5, 5.41) is 15.5. The third-order valence-corrected chi connectivity index (χ3v) is 1.41. The number of carboxylic acids is 1. The standard InChI is InChI=1S/C7H6O2S.CH4O.H2O4S/c8-7(9)5-1-3-6(10)4-2-5;1-2;1-5(2,3)4/h1-4,10H,(H,8,9);2H,1H3;(H2,1,2,3,4). The lowest BCUT2D eigenvalue weighted by atomic mass is 10.2. The van der Waals surface area contributed by atoms with Gasteiger partial charge in [0.25, 0.3) is 0 Å². The molecule has 0 saturated heterocycles. The topological polar surface area (TPSA) is 132 Å². The predicted octanol–water partition coefficient (Wildman–Crippen LogP) is 0.629. The van der Waals surface area contributed by atoms with Crippen LogP contribution in [0.5, 0.6) is 0 Å². The van der Waals surface area contributed by atoms with Crippen molar-refractivity contribution in [3.8, 4) is 0 Å². The SMILES string of the molecule is CO.O=C(O)c1ccc(S)cc1.O=S(=O)(O)O. The molecule has 0 aromatic heterocycles. The third-order valence-electron chi connectivity index (χ3n) is 1.11. The van der Waals surface area contributed by atoms with E-state index >= 15 is 0 Å². The van der Waals surface area contributed by atoms with E-state index in [0.29, 0.717) is 0 Å². The summed E-state index contributed by atoms with van der Waals surface area (Å²) < 4.78 is 31.6. The molecule has 0 fully saturated rings. The van der Waals surface area contributed by atoms with E-state index in [1.54, 1.807) is 12.1 Å². The molecule has 0 amide bonds. The Labute approximate surface area is 104 Å². The number of aliphatic hydroxyl groups is 1. The first-order valence-corrected chi connectivity index (χ1v) is 5.71. The van der Waals surface area contributed by atoms with E-state index in [9.17, 15) is 4.79 Å². The van der Waals surface area contributed by atoms with Gasteiger partial charge >= 0.3 is 16.4 Å². The summed E-state index contributed by atoms with van der Waals surface area (Å²) in [5.41, 5.74) is 0.290. The molecule has 0 aliphatic rings. The fraction of sp³-hybridized carbons (Fsp3) is 0.125. The Balaban J connectivity index is 0. The molecule has 0 unspecified atom stereocenters. The highest BCUT2D eigenvalue weighted by molar-refractivity contribution is 7.80. The maximum atomic E-state index is 10.3. The Hall–Kier alpha value is -1.13.